The fourth-order valence-electron chi connectivity index (χ4n) is 4.91. The van der Waals surface area contributed by atoms with Gasteiger partial charge in [-0.15, -0.1) is 0 Å². The van der Waals surface area contributed by atoms with E-state index in [0.29, 0.717) is 6.61 Å². The second kappa shape index (κ2) is 8.63. The number of hydrogen-bond donors (Lipinski definition) is 0. The minimum atomic E-state index is -2.72. The van der Waals surface area contributed by atoms with Gasteiger partial charge in [-0.3, -0.25) is 0 Å². The molecule has 2 aromatic rings. The highest BCUT2D eigenvalue weighted by molar-refractivity contribution is 6.99. The fourth-order valence-corrected chi connectivity index (χ4v) is 9.48. The lowest BCUT2D eigenvalue weighted by atomic mass is 10.1. The highest BCUT2D eigenvalue weighted by Gasteiger charge is 2.57. The average molecular weight is 454 g/mol. The first-order chi connectivity index (χ1) is 15.2. The van der Waals surface area contributed by atoms with E-state index in [1.807, 2.05) is 26.0 Å². The molecule has 0 saturated carbocycles. The molecule has 0 bridgehead atoms. The summed E-state index contributed by atoms with van der Waals surface area (Å²) in [5.74, 6) is -0.766. The summed E-state index contributed by atoms with van der Waals surface area (Å²) in [6.07, 6.45) is -1.95. The van der Waals surface area contributed by atoms with Crippen LogP contribution in [0.4, 0.5) is 0 Å². The lowest BCUT2D eigenvalue weighted by molar-refractivity contribution is -0.188. The molecule has 0 unspecified atom stereocenters. The van der Waals surface area contributed by atoms with E-state index >= 15 is 0 Å². The quantitative estimate of drug-likeness (QED) is 0.285. The Labute approximate surface area is 190 Å². The lowest BCUT2D eigenvalue weighted by Gasteiger charge is -2.43. The van der Waals surface area contributed by atoms with Gasteiger partial charge >= 0.3 is 0 Å². The number of nitrogens with zero attached hydrogens (tertiary/aromatic N) is 3. The van der Waals surface area contributed by atoms with Gasteiger partial charge in [-0.2, -0.15) is 0 Å². The highest BCUT2D eigenvalue weighted by Crippen LogP contribution is 2.41. The first kappa shape index (κ1) is 23.0. The van der Waals surface area contributed by atoms with Crippen molar-refractivity contribution in [1.29, 1.82) is 0 Å². The maximum Gasteiger partial charge on any atom is 0.261 e. The van der Waals surface area contributed by atoms with Crippen molar-refractivity contribution < 1.29 is 18.6 Å². The molecule has 2 heterocycles. The van der Waals surface area contributed by atoms with Crippen molar-refractivity contribution in [3.05, 3.63) is 71.1 Å². The zero-order valence-electron chi connectivity index (χ0n) is 19.3. The topological polar surface area (TPSA) is 85.7 Å². The zero-order chi connectivity index (χ0) is 23.0. The van der Waals surface area contributed by atoms with Crippen molar-refractivity contribution in [2.75, 3.05) is 6.61 Å². The summed E-state index contributed by atoms with van der Waals surface area (Å²) in [5.41, 5.74) is 8.98. The number of azide groups is 1. The van der Waals surface area contributed by atoms with Gasteiger partial charge in [0.1, 0.15) is 18.3 Å². The van der Waals surface area contributed by atoms with Gasteiger partial charge in [0.15, 0.2) is 12.0 Å². The van der Waals surface area contributed by atoms with Crippen LogP contribution in [0.5, 0.6) is 0 Å². The van der Waals surface area contributed by atoms with Crippen molar-refractivity contribution >= 4 is 18.7 Å². The number of benzene rings is 2. The maximum absolute atomic E-state index is 8.98. The third-order valence-electron chi connectivity index (χ3n) is 6.17. The minimum Gasteiger partial charge on any atom is -0.405 e. The maximum atomic E-state index is 8.98. The molecule has 2 saturated heterocycles. The van der Waals surface area contributed by atoms with E-state index in [1.54, 1.807) is 0 Å². The molecule has 2 aliphatic heterocycles. The molecular formula is C24H31N3O4Si. The second-order valence-electron chi connectivity index (χ2n) is 9.81. The predicted octanol–water partition coefficient (Wildman–Crippen LogP) is 4.12. The van der Waals surface area contributed by atoms with E-state index in [2.05, 4.69) is 79.3 Å². The van der Waals surface area contributed by atoms with Crippen molar-refractivity contribution in [2.45, 2.75) is 70.0 Å². The fraction of sp³-hybridized carbons (Fsp3) is 0.500. The normalized spacial score (nSPS) is 27.0. The van der Waals surface area contributed by atoms with E-state index in [9.17, 15) is 0 Å². The van der Waals surface area contributed by atoms with E-state index in [1.165, 1.54) is 10.4 Å². The van der Waals surface area contributed by atoms with Gasteiger partial charge in [-0.25, -0.2) is 0 Å². The van der Waals surface area contributed by atoms with Crippen LogP contribution in [0.2, 0.25) is 5.04 Å². The summed E-state index contributed by atoms with van der Waals surface area (Å²) in [7, 11) is -2.72. The molecule has 8 heteroatoms. The summed E-state index contributed by atoms with van der Waals surface area (Å²) in [6.45, 7) is 10.7. The molecule has 4 atom stereocenters. The Morgan fingerprint density at radius 2 is 1.50 bits per heavy atom. The van der Waals surface area contributed by atoms with Crippen molar-refractivity contribution in [3.63, 3.8) is 0 Å². The van der Waals surface area contributed by atoms with Gasteiger partial charge in [0.2, 0.25) is 0 Å². The first-order valence-corrected chi connectivity index (χ1v) is 12.9. The Hall–Kier alpha value is -2.19. The van der Waals surface area contributed by atoms with Gasteiger partial charge in [0.05, 0.1) is 6.61 Å². The molecule has 0 radical (unpaired) electrons. The van der Waals surface area contributed by atoms with Crippen LogP contribution < -0.4 is 10.4 Å². The zero-order valence-corrected chi connectivity index (χ0v) is 20.3. The van der Waals surface area contributed by atoms with Crippen LogP contribution in [-0.2, 0) is 18.6 Å². The standard InChI is InChI=1S/C24H31N3O4Si/c1-23(2,3)32(17-12-8-6-9-13-17,18-14-10-7-11-15-18)28-16-19-20-21(22(29-19)26-27-25)31-24(4,5)30-20/h6-15,19-22H,16H2,1-5H3/t19-,20-,21-,22+/m1/s1. The van der Waals surface area contributed by atoms with Crippen LogP contribution in [0.15, 0.2) is 65.8 Å². The highest BCUT2D eigenvalue weighted by atomic mass is 28.4. The third kappa shape index (κ3) is 4.10. The second-order valence-corrected chi connectivity index (χ2v) is 14.1. The Kier molecular flexibility index (Phi) is 6.20. The largest absolute Gasteiger partial charge is 0.405 e. The number of fused-ring (bicyclic) bond motifs is 1. The summed E-state index contributed by atoms with van der Waals surface area (Å²) >= 11 is 0. The van der Waals surface area contributed by atoms with Crippen LogP contribution in [0, 0.1) is 0 Å². The summed E-state index contributed by atoms with van der Waals surface area (Å²) in [6, 6.07) is 20.9. The number of hydrogen-bond acceptors (Lipinski definition) is 5. The molecule has 0 N–H and O–H groups in total. The van der Waals surface area contributed by atoms with Crippen LogP contribution in [0.1, 0.15) is 34.6 Å². The molecule has 7 nitrogen and oxygen atoms in total. The Morgan fingerprint density at radius 1 is 0.969 bits per heavy atom. The SMILES string of the molecule is CC1(C)O[C@@H]2[C@H](O1)[C@@H](CO[Si](c1ccccc1)(c1ccccc1)C(C)(C)C)O[C@@H]2N=[N+]=[N-]. The summed E-state index contributed by atoms with van der Waals surface area (Å²) < 4.78 is 25.2. The van der Waals surface area contributed by atoms with E-state index in [4.69, 9.17) is 24.2 Å². The van der Waals surface area contributed by atoms with E-state index < -0.39 is 32.5 Å². The average Bonchev–Trinajstić information content (AvgIpc) is 3.23. The molecule has 2 aromatic carbocycles. The van der Waals surface area contributed by atoms with Crippen LogP contribution in [0.3, 0.4) is 0 Å². The van der Waals surface area contributed by atoms with Gasteiger partial charge in [-0.05, 0) is 34.8 Å². The molecule has 0 amide bonds. The lowest BCUT2D eigenvalue weighted by Crippen LogP contribution is -2.67. The van der Waals surface area contributed by atoms with Crippen LogP contribution >= 0.6 is 0 Å². The molecule has 0 aliphatic carbocycles. The third-order valence-corrected chi connectivity index (χ3v) is 11.2. The Bertz CT molecular complexity index is 934. The summed E-state index contributed by atoms with van der Waals surface area (Å²) in [4.78, 5) is 2.94. The van der Waals surface area contributed by atoms with E-state index in [0.717, 1.165) is 0 Å². The molecule has 170 valence electrons. The molecular weight excluding hydrogens is 422 g/mol. The van der Waals surface area contributed by atoms with E-state index in [-0.39, 0.29) is 11.1 Å². The first-order valence-electron chi connectivity index (χ1n) is 11.0. The molecule has 0 aromatic heterocycles. The van der Waals surface area contributed by atoms with Crippen LogP contribution in [-0.4, -0.2) is 45.3 Å². The van der Waals surface area contributed by atoms with Gasteiger partial charge in [0, 0.05) is 4.91 Å². The predicted molar refractivity (Wildman–Crippen MR) is 125 cm³/mol. The van der Waals surface area contributed by atoms with Crippen molar-refractivity contribution in [2.24, 2.45) is 5.11 Å². The molecule has 2 fully saturated rings. The summed E-state index contributed by atoms with van der Waals surface area (Å²) in [5, 5.41) is 6.05. The molecule has 32 heavy (non-hydrogen) atoms. The van der Waals surface area contributed by atoms with Gasteiger partial charge < -0.3 is 18.6 Å². The molecule has 4 rings (SSSR count). The molecule has 2 aliphatic rings. The van der Waals surface area contributed by atoms with Crippen LogP contribution in [0.25, 0.3) is 10.4 Å². The number of rotatable bonds is 6. The Morgan fingerprint density at radius 3 is 2.00 bits per heavy atom. The van der Waals surface area contributed by atoms with Crippen molar-refractivity contribution in [1.82, 2.24) is 0 Å². The number of ether oxygens (including phenoxy) is 3. The minimum absolute atomic E-state index is 0.149. The Balaban J connectivity index is 1.70. The smallest absolute Gasteiger partial charge is 0.261 e. The monoisotopic (exact) mass is 453 g/mol. The molecule has 0 spiro atoms. The van der Waals surface area contributed by atoms with Gasteiger partial charge in [-0.1, -0.05) is 86.5 Å². The van der Waals surface area contributed by atoms with Crippen molar-refractivity contribution in [3.8, 4) is 0 Å². The van der Waals surface area contributed by atoms with Gasteiger partial charge in [0.25, 0.3) is 8.32 Å².